The van der Waals surface area contributed by atoms with Crippen molar-refractivity contribution in [2.75, 3.05) is 13.7 Å². The third kappa shape index (κ3) is 4.97. The first-order valence-electron chi connectivity index (χ1n) is 5.63. The van der Waals surface area contributed by atoms with E-state index in [0.717, 1.165) is 0 Å². The number of aromatic nitrogens is 2. The second-order valence-corrected chi connectivity index (χ2v) is 4.03. The predicted molar refractivity (Wildman–Crippen MR) is 64.3 cm³/mol. The summed E-state index contributed by atoms with van der Waals surface area (Å²) >= 11 is 0. The zero-order valence-electron chi connectivity index (χ0n) is 10.3. The molecule has 6 heteroatoms. The van der Waals surface area contributed by atoms with E-state index in [0.29, 0.717) is 19.5 Å². The molecule has 1 rings (SSSR count). The van der Waals surface area contributed by atoms with Crippen LogP contribution in [0.2, 0.25) is 0 Å². The van der Waals surface area contributed by atoms with Crippen LogP contribution in [0.4, 0.5) is 0 Å². The van der Waals surface area contributed by atoms with Crippen molar-refractivity contribution in [3.63, 3.8) is 0 Å². The van der Waals surface area contributed by atoms with Crippen molar-refractivity contribution < 1.29 is 9.53 Å². The molecule has 1 aromatic rings. The van der Waals surface area contributed by atoms with E-state index in [1.165, 1.54) is 0 Å². The molecule has 0 spiro atoms. The molecule has 0 saturated carbocycles. The highest BCUT2D eigenvalue weighted by Gasteiger charge is 2.13. The lowest BCUT2D eigenvalue weighted by Crippen LogP contribution is -2.38. The Balaban J connectivity index is 2.30. The SMILES string of the molecule is COC(CN)CC(=O)NC(C)Cn1ccnc1. The molecular formula is C11H20N4O2. The lowest BCUT2D eigenvalue weighted by atomic mass is 10.2. The van der Waals surface area contributed by atoms with Crippen molar-refractivity contribution in [3.05, 3.63) is 18.7 Å². The third-order valence-electron chi connectivity index (χ3n) is 2.46. The van der Waals surface area contributed by atoms with Gasteiger partial charge in [-0.3, -0.25) is 4.79 Å². The van der Waals surface area contributed by atoms with E-state index in [-0.39, 0.29) is 18.1 Å². The Morgan fingerprint density at radius 2 is 2.41 bits per heavy atom. The van der Waals surface area contributed by atoms with Gasteiger partial charge in [-0.15, -0.1) is 0 Å². The van der Waals surface area contributed by atoms with Crippen LogP contribution in [0.1, 0.15) is 13.3 Å². The normalized spacial score (nSPS) is 14.3. The highest BCUT2D eigenvalue weighted by atomic mass is 16.5. The summed E-state index contributed by atoms with van der Waals surface area (Å²) in [7, 11) is 1.56. The maximum Gasteiger partial charge on any atom is 0.222 e. The molecule has 1 aromatic heterocycles. The van der Waals surface area contributed by atoms with Crippen LogP contribution in [0.25, 0.3) is 0 Å². The Kier molecular flexibility index (Phi) is 5.65. The van der Waals surface area contributed by atoms with E-state index in [1.54, 1.807) is 19.6 Å². The van der Waals surface area contributed by atoms with Gasteiger partial charge in [-0.05, 0) is 6.92 Å². The van der Waals surface area contributed by atoms with Crippen molar-refractivity contribution in [2.45, 2.75) is 32.0 Å². The first kappa shape index (κ1) is 13.7. The topological polar surface area (TPSA) is 82.2 Å². The maximum absolute atomic E-state index is 11.6. The van der Waals surface area contributed by atoms with Crippen molar-refractivity contribution >= 4 is 5.91 Å². The van der Waals surface area contributed by atoms with Gasteiger partial charge in [0.25, 0.3) is 0 Å². The number of nitrogens with zero attached hydrogens (tertiary/aromatic N) is 2. The molecule has 0 bridgehead atoms. The molecule has 0 aliphatic rings. The first-order valence-corrected chi connectivity index (χ1v) is 5.63. The van der Waals surface area contributed by atoms with Crippen LogP contribution in [0.15, 0.2) is 18.7 Å². The highest BCUT2D eigenvalue weighted by molar-refractivity contribution is 5.76. The minimum atomic E-state index is -0.213. The average molecular weight is 240 g/mol. The van der Waals surface area contributed by atoms with E-state index in [9.17, 15) is 4.79 Å². The van der Waals surface area contributed by atoms with Crippen LogP contribution in [-0.4, -0.2) is 41.3 Å². The fourth-order valence-corrected chi connectivity index (χ4v) is 1.56. The molecule has 0 aliphatic carbocycles. The van der Waals surface area contributed by atoms with Crippen molar-refractivity contribution in [3.8, 4) is 0 Å². The van der Waals surface area contributed by atoms with Gasteiger partial charge in [0.1, 0.15) is 0 Å². The number of carbonyl (C=O) groups is 1. The van der Waals surface area contributed by atoms with Gasteiger partial charge in [-0.25, -0.2) is 4.98 Å². The summed E-state index contributed by atoms with van der Waals surface area (Å²) in [4.78, 5) is 15.6. The van der Waals surface area contributed by atoms with Gasteiger partial charge in [-0.1, -0.05) is 0 Å². The molecule has 0 aromatic carbocycles. The van der Waals surface area contributed by atoms with E-state index < -0.39 is 0 Å². The summed E-state index contributed by atoms with van der Waals surface area (Å²) in [6.07, 6.45) is 5.38. The minimum absolute atomic E-state index is 0.0464. The number of amides is 1. The third-order valence-corrected chi connectivity index (χ3v) is 2.46. The Labute approximate surface area is 101 Å². The Morgan fingerprint density at radius 1 is 1.65 bits per heavy atom. The molecule has 0 radical (unpaired) electrons. The van der Waals surface area contributed by atoms with Crippen LogP contribution >= 0.6 is 0 Å². The number of hydrogen-bond donors (Lipinski definition) is 2. The smallest absolute Gasteiger partial charge is 0.222 e. The number of nitrogens with one attached hydrogen (secondary N) is 1. The molecule has 0 saturated heterocycles. The molecule has 2 unspecified atom stereocenters. The fraction of sp³-hybridized carbons (Fsp3) is 0.636. The van der Waals surface area contributed by atoms with Crippen LogP contribution in [-0.2, 0) is 16.1 Å². The van der Waals surface area contributed by atoms with Gasteiger partial charge < -0.3 is 20.4 Å². The van der Waals surface area contributed by atoms with Crippen LogP contribution in [0, 0.1) is 0 Å². The summed E-state index contributed by atoms with van der Waals surface area (Å²) < 4.78 is 6.97. The number of rotatable bonds is 7. The van der Waals surface area contributed by atoms with Crippen LogP contribution in [0.3, 0.4) is 0 Å². The van der Waals surface area contributed by atoms with Crippen molar-refractivity contribution in [2.24, 2.45) is 5.73 Å². The number of carbonyl (C=O) groups excluding carboxylic acids is 1. The molecule has 3 N–H and O–H groups in total. The molecule has 1 heterocycles. The van der Waals surface area contributed by atoms with Gasteiger partial charge in [0.2, 0.25) is 5.91 Å². The molecule has 2 atom stereocenters. The highest BCUT2D eigenvalue weighted by Crippen LogP contribution is 1.97. The Morgan fingerprint density at radius 3 is 2.94 bits per heavy atom. The first-order chi connectivity index (χ1) is 8.15. The summed E-state index contributed by atoms with van der Waals surface area (Å²) in [5.74, 6) is -0.0464. The van der Waals surface area contributed by atoms with Crippen molar-refractivity contribution in [1.29, 1.82) is 0 Å². The second-order valence-electron chi connectivity index (χ2n) is 4.03. The molecule has 6 nitrogen and oxygen atoms in total. The van der Waals surface area contributed by atoms with E-state index in [2.05, 4.69) is 10.3 Å². The largest absolute Gasteiger partial charge is 0.380 e. The molecule has 0 fully saturated rings. The fourth-order valence-electron chi connectivity index (χ4n) is 1.56. The average Bonchev–Trinajstić information content (AvgIpc) is 2.78. The van der Waals surface area contributed by atoms with Gasteiger partial charge in [0.15, 0.2) is 0 Å². The number of ether oxygens (including phenoxy) is 1. The van der Waals surface area contributed by atoms with Gasteiger partial charge in [0, 0.05) is 38.6 Å². The van der Waals surface area contributed by atoms with Gasteiger partial charge >= 0.3 is 0 Å². The van der Waals surface area contributed by atoms with E-state index in [1.807, 2.05) is 17.7 Å². The molecule has 96 valence electrons. The van der Waals surface area contributed by atoms with E-state index in [4.69, 9.17) is 10.5 Å². The van der Waals surface area contributed by atoms with Crippen LogP contribution in [0.5, 0.6) is 0 Å². The zero-order chi connectivity index (χ0) is 12.7. The monoisotopic (exact) mass is 240 g/mol. The standard InChI is InChI=1S/C11H20N4O2/c1-9(7-15-4-3-13-8-15)14-11(16)5-10(6-12)17-2/h3-4,8-10H,5-7,12H2,1-2H3,(H,14,16). The van der Waals surface area contributed by atoms with Gasteiger partial charge in [0.05, 0.1) is 18.9 Å². The van der Waals surface area contributed by atoms with Gasteiger partial charge in [-0.2, -0.15) is 0 Å². The van der Waals surface area contributed by atoms with Crippen molar-refractivity contribution in [1.82, 2.24) is 14.9 Å². The summed E-state index contributed by atoms with van der Waals surface area (Å²) in [5.41, 5.74) is 5.45. The predicted octanol–water partition coefficient (Wildman–Crippen LogP) is -0.248. The number of imidazole rings is 1. The zero-order valence-corrected chi connectivity index (χ0v) is 10.3. The second kappa shape index (κ2) is 7.03. The Bertz CT molecular complexity index is 322. The number of methoxy groups -OCH3 is 1. The Hall–Kier alpha value is -1.40. The minimum Gasteiger partial charge on any atom is -0.380 e. The quantitative estimate of drug-likeness (QED) is 0.688. The summed E-state index contributed by atoms with van der Waals surface area (Å²) in [6.45, 7) is 2.99. The lowest BCUT2D eigenvalue weighted by molar-refractivity contribution is -0.124. The number of hydrogen-bond acceptors (Lipinski definition) is 4. The molecule has 17 heavy (non-hydrogen) atoms. The molecular weight excluding hydrogens is 220 g/mol. The molecule has 1 amide bonds. The summed E-state index contributed by atoms with van der Waals surface area (Å²) in [5, 5.41) is 2.89. The van der Waals surface area contributed by atoms with E-state index >= 15 is 0 Å². The number of nitrogens with two attached hydrogens (primary N) is 1. The molecule has 0 aliphatic heterocycles. The summed E-state index contributed by atoms with van der Waals surface area (Å²) in [6, 6.07) is 0.0481. The lowest BCUT2D eigenvalue weighted by Gasteiger charge is -2.17. The maximum atomic E-state index is 11.6. The van der Waals surface area contributed by atoms with Crippen LogP contribution < -0.4 is 11.1 Å².